The van der Waals surface area contributed by atoms with Gasteiger partial charge in [0.05, 0.1) is 0 Å². The van der Waals surface area contributed by atoms with Crippen LogP contribution in [0.2, 0.25) is 0 Å². The van der Waals surface area contributed by atoms with E-state index >= 15 is 0 Å². The van der Waals surface area contributed by atoms with Crippen molar-refractivity contribution in [2.45, 2.75) is 18.9 Å². The van der Waals surface area contributed by atoms with Crippen molar-refractivity contribution in [3.8, 4) is 22.8 Å². The summed E-state index contributed by atoms with van der Waals surface area (Å²) >= 11 is 0. The highest BCUT2D eigenvalue weighted by Gasteiger charge is 2.28. The highest BCUT2D eigenvalue weighted by atomic mass is 19.3. The van der Waals surface area contributed by atoms with Crippen LogP contribution in [0.4, 0.5) is 8.78 Å². The molecular weight excluding hydrogens is 354 g/mol. The summed E-state index contributed by atoms with van der Waals surface area (Å²) in [6.45, 7) is 0.789. The number of nitrogens with one attached hydrogen (secondary N) is 1. The fraction of sp³-hybridized carbons (Fsp3) is 0.312. The van der Waals surface area contributed by atoms with Crippen molar-refractivity contribution in [1.82, 2.24) is 10.3 Å². The molecule has 1 unspecified atom stereocenters. The maximum Gasteiger partial charge on any atom is 0.326 e. The number of carbonyl (C=O) groups excluding carboxylic acids is 1. The summed E-state index contributed by atoms with van der Waals surface area (Å²) in [7, 11) is 0. The fourth-order valence-electron chi connectivity index (χ4n) is 2.42. The number of hydrogen-bond acceptors (Lipinski definition) is 6. The molecule has 26 heavy (non-hydrogen) atoms. The van der Waals surface area contributed by atoms with Gasteiger partial charge < -0.3 is 24.3 Å². The lowest BCUT2D eigenvalue weighted by Gasteiger charge is -2.18. The molecule has 1 aromatic heterocycles. The first-order valence-electron chi connectivity index (χ1n) is 7.61. The van der Waals surface area contributed by atoms with Crippen molar-refractivity contribution in [2.75, 3.05) is 13.2 Å². The number of halogens is 2. The Morgan fingerprint density at radius 2 is 1.96 bits per heavy atom. The van der Waals surface area contributed by atoms with Crippen LogP contribution in [0.3, 0.4) is 0 Å². The summed E-state index contributed by atoms with van der Waals surface area (Å²) in [5, 5.41) is 11.0. The number of oxazole rings is 1. The zero-order valence-corrected chi connectivity index (χ0v) is 13.3. The minimum atomic E-state index is -2.88. The van der Waals surface area contributed by atoms with Crippen molar-refractivity contribution < 1.29 is 37.4 Å². The van der Waals surface area contributed by atoms with E-state index in [2.05, 4.69) is 4.98 Å². The van der Waals surface area contributed by atoms with E-state index in [4.69, 9.17) is 19.0 Å². The maximum atomic E-state index is 12.5. The number of nitrogens with zero attached hydrogens (tertiary/aromatic N) is 1. The van der Waals surface area contributed by atoms with Crippen LogP contribution in [-0.2, 0) is 4.79 Å². The first kappa shape index (κ1) is 17.6. The molecule has 2 N–H and O–H groups in total. The number of aromatic nitrogens is 1. The lowest BCUT2D eigenvalue weighted by Crippen LogP contribution is -2.42. The highest BCUT2D eigenvalue weighted by molar-refractivity contribution is 5.99. The third-order valence-electron chi connectivity index (χ3n) is 3.60. The van der Waals surface area contributed by atoms with E-state index in [0.717, 1.165) is 6.39 Å². The minimum Gasteiger partial charge on any atom is -0.486 e. The lowest BCUT2D eigenvalue weighted by molar-refractivity contribution is -0.140. The third-order valence-corrected chi connectivity index (χ3v) is 3.60. The Morgan fingerprint density at radius 1 is 1.23 bits per heavy atom. The molecular formula is C16H14F2N2O6. The maximum absolute atomic E-state index is 12.5. The summed E-state index contributed by atoms with van der Waals surface area (Å²) < 4.78 is 41.0. The van der Waals surface area contributed by atoms with E-state index in [1.165, 1.54) is 0 Å². The molecule has 3 rings (SSSR count). The lowest BCUT2D eigenvalue weighted by atomic mass is 10.1. The summed E-state index contributed by atoms with van der Waals surface area (Å²) in [5.74, 6) is -1.45. The van der Waals surface area contributed by atoms with E-state index in [9.17, 15) is 18.4 Å². The van der Waals surface area contributed by atoms with Crippen LogP contribution in [-0.4, -0.2) is 47.6 Å². The highest BCUT2D eigenvalue weighted by Crippen LogP contribution is 2.35. The number of rotatable bonds is 6. The largest absolute Gasteiger partial charge is 0.486 e. The van der Waals surface area contributed by atoms with E-state index in [1.807, 2.05) is 5.32 Å². The smallest absolute Gasteiger partial charge is 0.326 e. The average molecular weight is 368 g/mol. The molecule has 2 heterocycles. The van der Waals surface area contributed by atoms with E-state index in [-0.39, 0.29) is 11.5 Å². The molecule has 0 saturated carbocycles. The van der Waals surface area contributed by atoms with Gasteiger partial charge in [0.25, 0.3) is 5.91 Å². The van der Waals surface area contributed by atoms with Crippen LogP contribution in [0.15, 0.2) is 29.0 Å². The zero-order chi connectivity index (χ0) is 18.7. The predicted octanol–water partition coefficient (Wildman–Crippen LogP) is 1.95. The zero-order valence-electron chi connectivity index (χ0n) is 13.3. The number of benzene rings is 1. The van der Waals surface area contributed by atoms with Gasteiger partial charge in [-0.1, -0.05) is 0 Å². The SMILES string of the molecule is O=C(NC(CC(F)F)C(=O)O)c1ncoc1-c1ccc2c(c1)OCCO2. The van der Waals surface area contributed by atoms with Crippen LogP contribution in [0.1, 0.15) is 16.9 Å². The van der Waals surface area contributed by atoms with E-state index in [1.54, 1.807) is 18.2 Å². The van der Waals surface area contributed by atoms with Gasteiger partial charge in [0, 0.05) is 12.0 Å². The molecule has 1 atom stereocenters. The van der Waals surface area contributed by atoms with E-state index in [0.29, 0.717) is 30.3 Å². The molecule has 0 spiro atoms. The molecule has 2 aromatic rings. The number of carboxylic acids is 1. The molecule has 1 aromatic carbocycles. The third kappa shape index (κ3) is 3.73. The summed E-state index contributed by atoms with van der Waals surface area (Å²) in [6.07, 6.45) is -2.90. The molecule has 138 valence electrons. The molecule has 10 heteroatoms. The Balaban J connectivity index is 1.84. The predicted molar refractivity (Wildman–Crippen MR) is 82.4 cm³/mol. The normalized spacial score (nSPS) is 14.1. The number of amides is 1. The fourth-order valence-corrected chi connectivity index (χ4v) is 2.42. The van der Waals surface area contributed by atoms with Gasteiger partial charge in [-0.05, 0) is 18.2 Å². The van der Waals surface area contributed by atoms with Crippen LogP contribution < -0.4 is 14.8 Å². The standard InChI is InChI=1S/C16H14F2N2O6/c17-12(18)6-9(16(22)23)20-15(21)13-14(26-7-19-13)8-1-2-10-11(5-8)25-4-3-24-10/h1-2,5,7,9,12H,3-4,6H2,(H,20,21)(H,22,23). The molecule has 1 aliphatic rings. The second kappa shape index (κ2) is 7.38. The molecule has 1 amide bonds. The monoisotopic (exact) mass is 368 g/mol. The number of carboxylic acid groups (broad SMARTS) is 1. The van der Waals surface area contributed by atoms with E-state index < -0.39 is 30.8 Å². The van der Waals surface area contributed by atoms with Crippen molar-refractivity contribution in [3.05, 3.63) is 30.3 Å². The van der Waals surface area contributed by atoms with Gasteiger partial charge >= 0.3 is 5.97 Å². The topological polar surface area (TPSA) is 111 Å². The molecule has 0 fully saturated rings. The van der Waals surface area contributed by atoms with Crippen LogP contribution in [0, 0.1) is 0 Å². The van der Waals surface area contributed by atoms with Gasteiger partial charge in [0.2, 0.25) is 6.43 Å². The molecule has 0 bridgehead atoms. The Hall–Kier alpha value is -3.17. The first-order valence-corrected chi connectivity index (χ1v) is 7.61. The molecule has 8 nitrogen and oxygen atoms in total. The summed E-state index contributed by atoms with van der Waals surface area (Å²) in [6, 6.07) is 3.08. The number of alkyl halides is 2. The second-order valence-electron chi connectivity index (χ2n) is 5.38. The van der Waals surface area contributed by atoms with Gasteiger partial charge in [-0.15, -0.1) is 0 Å². The Kier molecular flexibility index (Phi) is 5.01. The average Bonchev–Trinajstić information content (AvgIpc) is 3.10. The second-order valence-corrected chi connectivity index (χ2v) is 5.38. The molecule has 0 radical (unpaired) electrons. The number of hydrogen-bond donors (Lipinski definition) is 2. The van der Waals surface area contributed by atoms with Gasteiger partial charge in [-0.2, -0.15) is 0 Å². The van der Waals surface area contributed by atoms with Gasteiger partial charge in [-0.25, -0.2) is 18.6 Å². The molecule has 0 aliphatic carbocycles. The van der Waals surface area contributed by atoms with Gasteiger partial charge in [0.15, 0.2) is 29.3 Å². The Labute approximate surface area is 145 Å². The first-order chi connectivity index (χ1) is 12.5. The van der Waals surface area contributed by atoms with Gasteiger partial charge in [-0.3, -0.25) is 4.79 Å². The number of ether oxygens (including phenoxy) is 2. The van der Waals surface area contributed by atoms with Crippen molar-refractivity contribution in [1.29, 1.82) is 0 Å². The molecule has 0 saturated heterocycles. The summed E-state index contributed by atoms with van der Waals surface area (Å²) in [5.41, 5.74) is 0.222. The van der Waals surface area contributed by atoms with Crippen molar-refractivity contribution in [3.63, 3.8) is 0 Å². The molecule has 1 aliphatic heterocycles. The van der Waals surface area contributed by atoms with Crippen LogP contribution in [0.5, 0.6) is 11.5 Å². The van der Waals surface area contributed by atoms with Gasteiger partial charge in [0.1, 0.15) is 19.3 Å². The van der Waals surface area contributed by atoms with Crippen LogP contribution in [0.25, 0.3) is 11.3 Å². The van der Waals surface area contributed by atoms with Crippen molar-refractivity contribution in [2.24, 2.45) is 0 Å². The number of carbonyl (C=O) groups is 2. The van der Waals surface area contributed by atoms with Crippen molar-refractivity contribution >= 4 is 11.9 Å². The minimum absolute atomic E-state index is 0.0562. The number of aliphatic carboxylic acids is 1. The Morgan fingerprint density at radius 3 is 2.65 bits per heavy atom. The summed E-state index contributed by atoms with van der Waals surface area (Å²) in [4.78, 5) is 27.1. The van der Waals surface area contributed by atoms with Crippen LogP contribution >= 0.6 is 0 Å². The number of fused-ring (bicyclic) bond motifs is 1. The Bertz CT molecular complexity index is 823. The quantitative estimate of drug-likeness (QED) is 0.802.